The summed E-state index contributed by atoms with van der Waals surface area (Å²) in [5.41, 5.74) is 2.10. The van der Waals surface area contributed by atoms with E-state index < -0.39 is 0 Å². The van der Waals surface area contributed by atoms with Crippen LogP contribution in [0.3, 0.4) is 0 Å². The second-order valence-corrected chi connectivity index (χ2v) is 7.68. The topological polar surface area (TPSA) is 63.0 Å². The van der Waals surface area contributed by atoms with E-state index in [1.54, 1.807) is 12.5 Å². The molecule has 4 aromatic rings. The Morgan fingerprint density at radius 2 is 2.04 bits per heavy atom. The molecule has 4 rings (SSSR count). The molecule has 3 aromatic heterocycles. The van der Waals surface area contributed by atoms with Gasteiger partial charge in [-0.05, 0) is 81.6 Å². The predicted molar refractivity (Wildman–Crippen MR) is 114 cm³/mol. The molecule has 124 valence electrons. The molecule has 0 fully saturated rings. The highest BCUT2D eigenvalue weighted by atomic mass is 127. The molecule has 7 heteroatoms. The number of furan rings is 1. The van der Waals surface area contributed by atoms with Gasteiger partial charge in [-0.1, -0.05) is 6.07 Å². The fraction of sp³-hybridized carbons (Fsp3) is 0. The van der Waals surface area contributed by atoms with E-state index in [0.29, 0.717) is 22.8 Å². The van der Waals surface area contributed by atoms with Crippen LogP contribution in [0.25, 0.3) is 17.1 Å². The number of fused-ring (bicyclic) bond motifs is 1. The molecule has 0 saturated heterocycles. The van der Waals surface area contributed by atoms with Gasteiger partial charge in [0.2, 0.25) is 0 Å². The van der Waals surface area contributed by atoms with E-state index >= 15 is 0 Å². The Morgan fingerprint density at radius 1 is 1.16 bits per heavy atom. The number of nitrogens with zero attached hydrogens (tertiary/aromatic N) is 3. The van der Waals surface area contributed by atoms with Gasteiger partial charge < -0.3 is 9.52 Å². The molecule has 1 aromatic carbocycles. The van der Waals surface area contributed by atoms with Crippen LogP contribution in [0.4, 0.5) is 5.82 Å². The molecule has 0 aliphatic rings. The van der Waals surface area contributed by atoms with Crippen molar-refractivity contribution in [2.24, 2.45) is 4.99 Å². The van der Waals surface area contributed by atoms with Gasteiger partial charge in [0.1, 0.15) is 11.4 Å². The normalized spacial score (nSPS) is 11.6. The van der Waals surface area contributed by atoms with E-state index in [-0.39, 0.29) is 5.75 Å². The van der Waals surface area contributed by atoms with Gasteiger partial charge in [0.15, 0.2) is 17.3 Å². The molecule has 0 aliphatic carbocycles. The monoisotopic (exact) mass is 555 g/mol. The Labute approximate surface area is 170 Å². The summed E-state index contributed by atoms with van der Waals surface area (Å²) in [7, 11) is 0. The van der Waals surface area contributed by atoms with Crippen LogP contribution >= 0.6 is 45.2 Å². The molecule has 3 heterocycles. The molecular weight excluding hydrogens is 544 g/mol. The van der Waals surface area contributed by atoms with E-state index in [1.807, 2.05) is 53.1 Å². The van der Waals surface area contributed by atoms with Gasteiger partial charge in [0.05, 0.1) is 9.83 Å². The summed E-state index contributed by atoms with van der Waals surface area (Å²) in [4.78, 5) is 9.23. The molecule has 0 amide bonds. The minimum Gasteiger partial charge on any atom is -0.506 e. The van der Waals surface area contributed by atoms with Crippen molar-refractivity contribution in [3.63, 3.8) is 0 Å². The average molecular weight is 555 g/mol. The number of imidazole rings is 1. The van der Waals surface area contributed by atoms with Gasteiger partial charge >= 0.3 is 0 Å². The maximum atomic E-state index is 10.3. The molecule has 5 nitrogen and oxygen atoms in total. The van der Waals surface area contributed by atoms with Crippen LogP contribution in [0, 0.1) is 7.14 Å². The Morgan fingerprint density at radius 3 is 2.84 bits per heavy atom. The van der Waals surface area contributed by atoms with Crippen LogP contribution in [0.15, 0.2) is 64.3 Å². The minimum atomic E-state index is 0.220. The van der Waals surface area contributed by atoms with Crippen LogP contribution in [-0.4, -0.2) is 20.7 Å². The lowest BCUT2D eigenvalue weighted by molar-refractivity contribution is 0.470. The van der Waals surface area contributed by atoms with Gasteiger partial charge in [-0.3, -0.25) is 4.40 Å². The zero-order chi connectivity index (χ0) is 17.4. The summed E-state index contributed by atoms with van der Waals surface area (Å²) in [6, 6.07) is 13.2. The van der Waals surface area contributed by atoms with Crippen molar-refractivity contribution in [3.05, 3.63) is 67.6 Å². The first-order chi connectivity index (χ1) is 12.1. The number of benzene rings is 1. The number of phenols is 1. The van der Waals surface area contributed by atoms with E-state index in [4.69, 9.17) is 4.42 Å². The molecule has 0 saturated carbocycles. The highest BCUT2D eigenvalue weighted by Crippen LogP contribution is 2.32. The number of aliphatic imine (C=N–C) groups is 1. The summed E-state index contributed by atoms with van der Waals surface area (Å²) in [6.07, 6.45) is 5.17. The van der Waals surface area contributed by atoms with Crippen molar-refractivity contribution in [1.29, 1.82) is 0 Å². The number of pyridine rings is 1. The largest absolute Gasteiger partial charge is 0.506 e. The fourth-order valence-electron chi connectivity index (χ4n) is 2.50. The maximum absolute atomic E-state index is 10.3. The van der Waals surface area contributed by atoms with E-state index in [9.17, 15) is 5.11 Å². The summed E-state index contributed by atoms with van der Waals surface area (Å²) in [6.45, 7) is 0. The molecule has 0 spiro atoms. The number of hydrogen-bond acceptors (Lipinski definition) is 4. The van der Waals surface area contributed by atoms with Crippen LogP contribution < -0.4 is 0 Å². The number of hydrogen-bond donors (Lipinski definition) is 1. The molecule has 0 atom stereocenters. The van der Waals surface area contributed by atoms with Crippen molar-refractivity contribution in [2.45, 2.75) is 0 Å². The lowest BCUT2D eigenvalue weighted by atomic mass is 10.2. The summed E-state index contributed by atoms with van der Waals surface area (Å²) in [5.74, 6) is 1.52. The van der Waals surface area contributed by atoms with Crippen LogP contribution in [0.1, 0.15) is 5.56 Å². The smallest absolute Gasteiger partial charge is 0.168 e. The molecule has 0 bridgehead atoms. The second-order valence-electron chi connectivity index (χ2n) is 5.27. The van der Waals surface area contributed by atoms with E-state index in [2.05, 4.69) is 55.2 Å². The minimum absolute atomic E-state index is 0.220. The van der Waals surface area contributed by atoms with Crippen molar-refractivity contribution in [3.8, 4) is 17.2 Å². The van der Waals surface area contributed by atoms with Crippen molar-refractivity contribution >= 4 is 62.9 Å². The number of aromatic hydroxyl groups is 1. The first kappa shape index (κ1) is 16.6. The summed E-state index contributed by atoms with van der Waals surface area (Å²) >= 11 is 4.33. The molecule has 25 heavy (non-hydrogen) atoms. The van der Waals surface area contributed by atoms with E-state index in [1.165, 1.54) is 0 Å². The third kappa shape index (κ3) is 3.17. The van der Waals surface area contributed by atoms with Gasteiger partial charge in [0, 0.05) is 21.5 Å². The lowest BCUT2D eigenvalue weighted by Crippen LogP contribution is -1.89. The molecular formula is C18H11I2N3O2. The quantitative estimate of drug-likeness (QED) is 0.277. The molecule has 0 aliphatic heterocycles. The number of halogens is 2. The first-order valence-electron chi connectivity index (χ1n) is 7.36. The summed E-state index contributed by atoms with van der Waals surface area (Å²) in [5, 5.41) is 10.3. The first-order valence-corrected chi connectivity index (χ1v) is 9.52. The fourth-order valence-corrected chi connectivity index (χ4v) is 4.39. The van der Waals surface area contributed by atoms with Crippen molar-refractivity contribution in [2.75, 3.05) is 0 Å². The number of rotatable bonds is 3. The summed E-state index contributed by atoms with van der Waals surface area (Å²) < 4.78 is 9.22. The van der Waals surface area contributed by atoms with Crippen molar-refractivity contribution in [1.82, 2.24) is 9.38 Å². The van der Waals surface area contributed by atoms with Crippen LogP contribution in [-0.2, 0) is 0 Å². The van der Waals surface area contributed by atoms with Crippen LogP contribution in [0.5, 0.6) is 5.75 Å². The second kappa shape index (κ2) is 6.79. The Balaban J connectivity index is 1.88. The van der Waals surface area contributed by atoms with Crippen molar-refractivity contribution < 1.29 is 9.52 Å². The van der Waals surface area contributed by atoms with E-state index in [0.717, 1.165) is 12.8 Å². The predicted octanol–water partition coefficient (Wildman–Crippen LogP) is 5.26. The zero-order valence-electron chi connectivity index (χ0n) is 12.7. The highest BCUT2D eigenvalue weighted by molar-refractivity contribution is 14.1. The third-order valence-corrected chi connectivity index (χ3v) is 5.09. The molecule has 0 unspecified atom stereocenters. The Kier molecular flexibility index (Phi) is 4.50. The zero-order valence-corrected chi connectivity index (χ0v) is 17.0. The molecule has 1 N–H and O–H groups in total. The average Bonchev–Trinajstić information content (AvgIpc) is 3.24. The van der Waals surface area contributed by atoms with Gasteiger partial charge in [-0.2, -0.15) is 0 Å². The van der Waals surface area contributed by atoms with Gasteiger partial charge in [-0.25, -0.2) is 9.98 Å². The highest BCUT2D eigenvalue weighted by Gasteiger charge is 2.15. The van der Waals surface area contributed by atoms with Crippen LogP contribution in [0.2, 0.25) is 0 Å². The molecule has 0 radical (unpaired) electrons. The maximum Gasteiger partial charge on any atom is 0.168 e. The number of aromatic nitrogens is 2. The third-order valence-electron chi connectivity index (χ3n) is 3.64. The van der Waals surface area contributed by atoms with Gasteiger partial charge in [-0.15, -0.1) is 0 Å². The standard InChI is InChI=1S/C18H11I2N3O2/c19-12-8-11(17(24)13(20)9-12)10-21-18-16(14-4-3-7-25-14)22-15-5-1-2-6-23(15)18/h1-10,24H. The SMILES string of the molecule is Oc1c(I)cc(I)cc1C=Nc1c(-c2ccco2)nc2ccccn12. The Hall–Kier alpha value is -1.88. The van der Waals surface area contributed by atoms with Gasteiger partial charge in [0.25, 0.3) is 0 Å². The lowest BCUT2D eigenvalue weighted by Gasteiger charge is -2.03. The Bertz CT molecular complexity index is 1090. The number of phenolic OH excluding ortho intramolecular Hbond substituents is 1.